The Balaban J connectivity index is 4.00. The average Bonchev–Trinajstić information content (AvgIpc) is 2.26. The van der Waals surface area contributed by atoms with Gasteiger partial charge in [0.05, 0.1) is 6.61 Å². The van der Waals surface area contributed by atoms with Crippen LogP contribution >= 0.6 is 0 Å². The van der Waals surface area contributed by atoms with E-state index in [9.17, 15) is 0 Å². The number of rotatable bonds is 10. The largest absolute Gasteiger partial charge is 0.383 e. The van der Waals surface area contributed by atoms with Crippen LogP contribution in [0.15, 0.2) is 0 Å². The topological polar surface area (TPSA) is 38.5 Å². The molecule has 0 aliphatic heterocycles. The van der Waals surface area contributed by atoms with Crippen molar-refractivity contribution in [1.29, 1.82) is 0 Å². The second-order valence-electron chi connectivity index (χ2n) is 4.02. The number of methoxy groups -OCH3 is 1. The summed E-state index contributed by atoms with van der Waals surface area (Å²) < 4.78 is 5.28. The molecule has 0 aromatic rings. The molecule has 0 saturated carbocycles. The van der Waals surface area contributed by atoms with Crippen LogP contribution in [-0.2, 0) is 4.74 Å². The fourth-order valence-corrected chi connectivity index (χ4v) is 1.88. The van der Waals surface area contributed by atoms with Crippen LogP contribution in [-0.4, -0.2) is 44.3 Å². The predicted molar refractivity (Wildman–Crippen MR) is 66.1 cm³/mol. The lowest BCUT2D eigenvalue weighted by molar-refractivity contribution is 0.0863. The first-order valence-electron chi connectivity index (χ1n) is 6.23. The minimum absolute atomic E-state index is 0.551. The number of ether oxygens (including phenoxy) is 1. The molecule has 0 radical (unpaired) electrons. The van der Waals surface area contributed by atoms with Crippen LogP contribution in [0.3, 0.4) is 0 Å². The van der Waals surface area contributed by atoms with Gasteiger partial charge in [-0.3, -0.25) is 4.90 Å². The zero-order valence-corrected chi connectivity index (χ0v) is 10.7. The van der Waals surface area contributed by atoms with Gasteiger partial charge in [0.25, 0.3) is 0 Å². The maximum Gasteiger partial charge on any atom is 0.0618 e. The first kappa shape index (κ1) is 14.9. The van der Waals surface area contributed by atoms with Crippen LogP contribution in [0.2, 0.25) is 0 Å². The van der Waals surface area contributed by atoms with E-state index in [0.29, 0.717) is 6.04 Å². The molecule has 0 spiro atoms. The molecule has 0 saturated heterocycles. The Bertz CT molecular complexity index is 131. The first-order chi connectivity index (χ1) is 7.29. The second-order valence-corrected chi connectivity index (χ2v) is 4.02. The van der Waals surface area contributed by atoms with Crippen LogP contribution in [0.1, 0.15) is 39.5 Å². The Morgan fingerprint density at radius 1 is 1.27 bits per heavy atom. The van der Waals surface area contributed by atoms with Gasteiger partial charge < -0.3 is 10.5 Å². The Labute approximate surface area is 95.0 Å². The van der Waals surface area contributed by atoms with Crippen molar-refractivity contribution in [3.05, 3.63) is 0 Å². The van der Waals surface area contributed by atoms with Gasteiger partial charge in [-0.25, -0.2) is 0 Å². The van der Waals surface area contributed by atoms with Gasteiger partial charge in [-0.05, 0) is 38.9 Å². The Kier molecular flexibility index (Phi) is 10.3. The summed E-state index contributed by atoms with van der Waals surface area (Å²) in [6.45, 7) is 8.37. The number of hydrogen-bond acceptors (Lipinski definition) is 3. The van der Waals surface area contributed by atoms with Crippen LogP contribution in [0.25, 0.3) is 0 Å². The van der Waals surface area contributed by atoms with Gasteiger partial charge >= 0.3 is 0 Å². The number of unbranched alkanes of at least 4 members (excludes halogenated alkanes) is 1. The van der Waals surface area contributed by atoms with Crippen molar-refractivity contribution in [2.45, 2.75) is 45.6 Å². The van der Waals surface area contributed by atoms with Crippen molar-refractivity contribution in [3.8, 4) is 0 Å². The van der Waals surface area contributed by atoms with Gasteiger partial charge in [0.15, 0.2) is 0 Å². The molecule has 0 aliphatic carbocycles. The van der Waals surface area contributed by atoms with E-state index in [1.54, 1.807) is 7.11 Å². The summed E-state index contributed by atoms with van der Waals surface area (Å²) >= 11 is 0. The van der Waals surface area contributed by atoms with Crippen LogP contribution in [0, 0.1) is 0 Å². The highest BCUT2D eigenvalue weighted by Gasteiger charge is 2.15. The monoisotopic (exact) mass is 216 g/mol. The molecule has 0 amide bonds. The molecule has 92 valence electrons. The summed E-state index contributed by atoms with van der Waals surface area (Å²) in [5.41, 5.74) is 5.56. The minimum atomic E-state index is 0.551. The molecule has 1 unspecified atom stereocenters. The highest BCUT2D eigenvalue weighted by Crippen LogP contribution is 2.08. The molecule has 0 fully saturated rings. The standard InChI is InChI=1S/C12H28N2O/c1-4-6-10-14(5-2)12(11-15-3)8-7-9-13/h12H,4-11,13H2,1-3H3. The van der Waals surface area contributed by atoms with Crippen LogP contribution in [0.5, 0.6) is 0 Å². The molecule has 0 aromatic carbocycles. The Morgan fingerprint density at radius 2 is 2.00 bits per heavy atom. The molecular formula is C12H28N2O. The van der Waals surface area contributed by atoms with Gasteiger partial charge in [-0.1, -0.05) is 20.3 Å². The maximum absolute atomic E-state index is 5.56. The highest BCUT2D eigenvalue weighted by molar-refractivity contribution is 4.70. The van der Waals surface area contributed by atoms with Crippen molar-refractivity contribution in [2.24, 2.45) is 5.73 Å². The first-order valence-corrected chi connectivity index (χ1v) is 6.23. The molecule has 0 aliphatic rings. The third-order valence-electron chi connectivity index (χ3n) is 2.82. The van der Waals surface area contributed by atoms with E-state index in [-0.39, 0.29) is 0 Å². The lowest BCUT2D eigenvalue weighted by atomic mass is 10.1. The van der Waals surface area contributed by atoms with Gasteiger partial charge in [0.2, 0.25) is 0 Å². The molecule has 0 aromatic heterocycles. The fourth-order valence-electron chi connectivity index (χ4n) is 1.88. The van der Waals surface area contributed by atoms with Crippen molar-refractivity contribution < 1.29 is 4.74 Å². The minimum Gasteiger partial charge on any atom is -0.383 e. The molecule has 0 bridgehead atoms. The van der Waals surface area contributed by atoms with E-state index < -0.39 is 0 Å². The highest BCUT2D eigenvalue weighted by atomic mass is 16.5. The SMILES string of the molecule is CCCCN(CC)C(CCCN)COC. The Hall–Kier alpha value is -0.120. The van der Waals surface area contributed by atoms with E-state index >= 15 is 0 Å². The van der Waals surface area contributed by atoms with E-state index in [1.807, 2.05) is 0 Å². The third kappa shape index (κ3) is 6.88. The normalized spacial score (nSPS) is 13.4. The zero-order valence-electron chi connectivity index (χ0n) is 10.7. The molecule has 0 rings (SSSR count). The zero-order chi connectivity index (χ0) is 11.5. The predicted octanol–water partition coefficient (Wildman–Crippen LogP) is 1.86. The molecule has 2 N–H and O–H groups in total. The van der Waals surface area contributed by atoms with Gasteiger partial charge in [0, 0.05) is 13.2 Å². The lowest BCUT2D eigenvalue weighted by Crippen LogP contribution is -2.39. The molecular weight excluding hydrogens is 188 g/mol. The van der Waals surface area contributed by atoms with Crippen molar-refractivity contribution >= 4 is 0 Å². The van der Waals surface area contributed by atoms with E-state index in [1.165, 1.54) is 19.4 Å². The summed E-state index contributed by atoms with van der Waals surface area (Å²) in [4.78, 5) is 2.52. The van der Waals surface area contributed by atoms with E-state index in [2.05, 4.69) is 18.7 Å². The summed E-state index contributed by atoms with van der Waals surface area (Å²) in [6.07, 6.45) is 4.78. The van der Waals surface area contributed by atoms with Crippen molar-refractivity contribution in [2.75, 3.05) is 33.4 Å². The van der Waals surface area contributed by atoms with Crippen molar-refractivity contribution in [3.63, 3.8) is 0 Å². The maximum atomic E-state index is 5.56. The average molecular weight is 216 g/mol. The molecule has 3 heteroatoms. The molecule has 3 nitrogen and oxygen atoms in total. The summed E-state index contributed by atoms with van der Waals surface area (Å²) in [7, 11) is 1.78. The smallest absolute Gasteiger partial charge is 0.0618 e. The summed E-state index contributed by atoms with van der Waals surface area (Å²) in [5.74, 6) is 0. The molecule has 15 heavy (non-hydrogen) atoms. The van der Waals surface area contributed by atoms with Gasteiger partial charge in [-0.15, -0.1) is 0 Å². The number of nitrogens with zero attached hydrogens (tertiary/aromatic N) is 1. The number of nitrogens with two attached hydrogens (primary N) is 1. The lowest BCUT2D eigenvalue weighted by Gasteiger charge is -2.30. The van der Waals surface area contributed by atoms with Crippen LogP contribution < -0.4 is 5.73 Å². The van der Waals surface area contributed by atoms with Gasteiger partial charge in [0.1, 0.15) is 0 Å². The van der Waals surface area contributed by atoms with E-state index in [4.69, 9.17) is 10.5 Å². The van der Waals surface area contributed by atoms with Gasteiger partial charge in [-0.2, -0.15) is 0 Å². The third-order valence-corrected chi connectivity index (χ3v) is 2.82. The number of hydrogen-bond donors (Lipinski definition) is 1. The molecule has 1 atom stereocenters. The summed E-state index contributed by atoms with van der Waals surface area (Å²) in [6, 6.07) is 0.551. The van der Waals surface area contributed by atoms with E-state index in [0.717, 1.165) is 32.5 Å². The van der Waals surface area contributed by atoms with Crippen molar-refractivity contribution in [1.82, 2.24) is 4.90 Å². The Morgan fingerprint density at radius 3 is 2.47 bits per heavy atom. The number of likely N-dealkylation sites (N-methyl/N-ethyl adjacent to an activating group) is 1. The second kappa shape index (κ2) is 10.4. The fraction of sp³-hybridized carbons (Fsp3) is 1.00. The van der Waals surface area contributed by atoms with Crippen LogP contribution in [0.4, 0.5) is 0 Å². The quantitative estimate of drug-likeness (QED) is 0.606. The summed E-state index contributed by atoms with van der Waals surface area (Å²) in [5, 5.41) is 0. The molecule has 0 heterocycles.